The highest BCUT2D eigenvalue weighted by Gasteiger charge is 2.46. The Hall–Kier alpha value is -4.10. The second kappa shape index (κ2) is 10.5. The lowest BCUT2D eigenvalue weighted by Crippen LogP contribution is -2.32. The lowest BCUT2D eigenvalue weighted by molar-refractivity contribution is -0.140. The third-order valence-corrected chi connectivity index (χ3v) is 6.74. The number of methoxy groups -OCH3 is 1. The molecule has 0 bridgehead atoms. The molecule has 3 aromatic carbocycles. The van der Waals surface area contributed by atoms with Crippen LogP contribution in [0, 0.1) is 6.92 Å². The molecular weight excluding hydrogens is 470 g/mol. The van der Waals surface area contributed by atoms with Gasteiger partial charge in [0.1, 0.15) is 23.9 Å². The highest BCUT2D eigenvalue weighted by atomic mass is 16.5. The van der Waals surface area contributed by atoms with Gasteiger partial charge in [-0.1, -0.05) is 42.0 Å². The zero-order valence-corrected chi connectivity index (χ0v) is 20.9. The van der Waals surface area contributed by atoms with Crippen LogP contribution < -0.4 is 9.47 Å². The molecule has 1 amide bonds. The van der Waals surface area contributed by atoms with Crippen LogP contribution in [0.25, 0.3) is 5.76 Å². The first kappa shape index (κ1) is 24.6. The van der Waals surface area contributed by atoms with Crippen molar-refractivity contribution in [2.24, 2.45) is 0 Å². The Kier molecular flexibility index (Phi) is 6.97. The van der Waals surface area contributed by atoms with Gasteiger partial charge >= 0.3 is 0 Å². The number of likely N-dealkylation sites (tertiary alicyclic amines) is 1. The minimum atomic E-state index is -0.775. The van der Waals surface area contributed by atoms with Crippen molar-refractivity contribution < 1.29 is 28.9 Å². The van der Waals surface area contributed by atoms with Gasteiger partial charge in [-0.2, -0.15) is 0 Å². The largest absolute Gasteiger partial charge is 0.507 e. The van der Waals surface area contributed by atoms with E-state index < -0.39 is 17.7 Å². The summed E-state index contributed by atoms with van der Waals surface area (Å²) in [4.78, 5) is 27.8. The molecule has 5 rings (SSSR count). The minimum absolute atomic E-state index is 0.0515. The third-order valence-electron chi connectivity index (χ3n) is 6.74. The molecule has 3 aromatic rings. The van der Waals surface area contributed by atoms with Gasteiger partial charge in [-0.05, 0) is 53.9 Å². The van der Waals surface area contributed by atoms with Crippen LogP contribution in [-0.4, -0.2) is 48.6 Å². The van der Waals surface area contributed by atoms with E-state index in [9.17, 15) is 14.7 Å². The Labute approximate surface area is 215 Å². The predicted octanol–water partition coefficient (Wildman–Crippen LogP) is 4.58. The predicted molar refractivity (Wildman–Crippen MR) is 138 cm³/mol. The Bertz CT molecular complexity index is 1360. The number of rotatable bonds is 8. The number of aryl methyl sites for hydroxylation is 1. The van der Waals surface area contributed by atoms with Crippen LogP contribution in [0.3, 0.4) is 0 Å². The first-order valence-corrected chi connectivity index (χ1v) is 12.3. The number of carbonyl (C=O) groups is 2. The normalized spacial score (nSPS) is 18.1. The monoisotopic (exact) mass is 499 g/mol. The maximum atomic E-state index is 13.2. The summed E-state index contributed by atoms with van der Waals surface area (Å²) in [5, 5.41) is 11.3. The van der Waals surface area contributed by atoms with E-state index in [1.165, 1.54) is 17.6 Å². The quantitative estimate of drug-likeness (QED) is 0.278. The van der Waals surface area contributed by atoms with Crippen molar-refractivity contribution in [2.75, 3.05) is 26.9 Å². The number of benzene rings is 3. The molecule has 0 aliphatic carbocycles. The number of amides is 1. The molecule has 1 saturated heterocycles. The zero-order valence-electron chi connectivity index (χ0n) is 20.9. The summed E-state index contributed by atoms with van der Waals surface area (Å²) in [7, 11) is 1.54. The summed E-state index contributed by atoms with van der Waals surface area (Å²) in [6.07, 6.45) is 0.725. The molecule has 0 spiro atoms. The summed E-state index contributed by atoms with van der Waals surface area (Å²) in [6.45, 7) is 3.45. The van der Waals surface area contributed by atoms with Crippen LogP contribution in [0.1, 0.15) is 33.9 Å². The van der Waals surface area contributed by atoms with Crippen LogP contribution in [-0.2, 0) is 27.4 Å². The third kappa shape index (κ3) is 4.95. The van der Waals surface area contributed by atoms with E-state index in [1.807, 2.05) is 61.5 Å². The van der Waals surface area contributed by atoms with Crippen molar-refractivity contribution in [1.82, 2.24) is 4.90 Å². The Morgan fingerprint density at radius 3 is 2.68 bits per heavy atom. The second-order valence-corrected chi connectivity index (χ2v) is 9.25. The summed E-state index contributed by atoms with van der Waals surface area (Å²) in [5.74, 6) is -0.221. The average molecular weight is 500 g/mol. The molecule has 7 nitrogen and oxygen atoms in total. The van der Waals surface area contributed by atoms with Crippen molar-refractivity contribution in [1.29, 1.82) is 0 Å². The number of carbonyl (C=O) groups excluding carboxylic acids is 2. The van der Waals surface area contributed by atoms with E-state index in [0.717, 1.165) is 23.3 Å². The second-order valence-electron chi connectivity index (χ2n) is 9.25. The van der Waals surface area contributed by atoms with Gasteiger partial charge in [-0.25, -0.2) is 0 Å². The number of hydrogen-bond acceptors (Lipinski definition) is 6. The lowest BCUT2D eigenvalue weighted by atomic mass is 9.94. The number of aliphatic hydroxyl groups excluding tert-OH is 1. The van der Waals surface area contributed by atoms with E-state index >= 15 is 0 Å². The van der Waals surface area contributed by atoms with Crippen molar-refractivity contribution in [3.8, 4) is 11.5 Å². The lowest BCUT2D eigenvalue weighted by Gasteiger charge is -2.25. The maximum absolute atomic E-state index is 13.2. The van der Waals surface area contributed by atoms with E-state index in [-0.39, 0.29) is 24.5 Å². The minimum Gasteiger partial charge on any atom is -0.507 e. The van der Waals surface area contributed by atoms with Crippen molar-refractivity contribution in [3.05, 3.63) is 100 Å². The topological polar surface area (TPSA) is 85.3 Å². The molecular formula is C30H29NO6. The number of ketones is 1. The summed E-state index contributed by atoms with van der Waals surface area (Å²) in [6, 6.07) is 19.9. The smallest absolute Gasteiger partial charge is 0.295 e. The highest BCUT2D eigenvalue weighted by Crippen LogP contribution is 2.41. The van der Waals surface area contributed by atoms with Crippen LogP contribution in [0.15, 0.2) is 72.3 Å². The van der Waals surface area contributed by atoms with Crippen LogP contribution in [0.2, 0.25) is 0 Å². The summed E-state index contributed by atoms with van der Waals surface area (Å²) in [5.41, 5.74) is 4.36. The van der Waals surface area contributed by atoms with Crippen molar-refractivity contribution >= 4 is 17.4 Å². The fraction of sp³-hybridized carbons (Fsp3) is 0.267. The molecule has 1 unspecified atom stereocenters. The Morgan fingerprint density at radius 2 is 1.89 bits per heavy atom. The van der Waals surface area contributed by atoms with Gasteiger partial charge in [0.15, 0.2) is 0 Å². The van der Waals surface area contributed by atoms with Gasteiger partial charge in [0.25, 0.3) is 11.7 Å². The molecule has 2 heterocycles. The standard InChI is InChI=1S/C30H29NO6/c1-19-6-8-20(9-7-19)18-37-24-5-3-4-22(17-24)27-26(29(33)30(34)31(27)13-15-35-2)28(32)23-10-11-25-21(16-23)12-14-36-25/h3-11,16-17,27,32H,12-15,18H2,1-2H3/b28-26-. The van der Waals surface area contributed by atoms with E-state index in [0.29, 0.717) is 30.1 Å². The first-order chi connectivity index (χ1) is 18.0. The number of fused-ring (bicyclic) bond motifs is 1. The number of nitrogens with zero attached hydrogens (tertiary/aromatic N) is 1. The van der Waals surface area contributed by atoms with E-state index in [4.69, 9.17) is 14.2 Å². The van der Waals surface area contributed by atoms with Crippen LogP contribution >= 0.6 is 0 Å². The molecule has 1 atom stereocenters. The zero-order chi connectivity index (χ0) is 25.9. The molecule has 2 aliphatic heterocycles. The van der Waals surface area contributed by atoms with Crippen LogP contribution in [0.4, 0.5) is 0 Å². The number of Topliss-reactive ketones (excluding diaryl/α,β-unsaturated/α-hetero) is 1. The fourth-order valence-corrected chi connectivity index (χ4v) is 4.76. The van der Waals surface area contributed by atoms with Gasteiger partial charge < -0.3 is 24.2 Å². The summed E-state index contributed by atoms with van der Waals surface area (Å²) < 4.78 is 16.8. The van der Waals surface area contributed by atoms with Gasteiger partial charge in [0.2, 0.25) is 0 Å². The van der Waals surface area contributed by atoms with Gasteiger partial charge in [0, 0.05) is 25.6 Å². The molecule has 7 heteroatoms. The fourth-order valence-electron chi connectivity index (χ4n) is 4.76. The first-order valence-electron chi connectivity index (χ1n) is 12.3. The number of aliphatic hydroxyl groups is 1. The van der Waals surface area contributed by atoms with Gasteiger partial charge in [-0.15, -0.1) is 0 Å². The van der Waals surface area contributed by atoms with E-state index in [2.05, 4.69) is 0 Å². The van der Waals surface area contributed by atoms with Gasteiger partial charge in [0.05, 0.1) is 24.8 Å². The Balaban J connectivity index is 1.51. The van der Waals surface area contributed by atoms with Crippen LogP contribution in [0.5, 0.6) is 11.5 Å². The Morgan fingerprint density at radius 1 is 1.08 bits per heavy atom. The average Bonchev–Trinajstić information content (AvgIpc) is 3.49. The van der Waals surface area contributed by atoms with E-state index in [1.54, 1.807) is 12.1 Å². The molecule has 190 valence electrons. The highest BCUT2D eigenvalue weighted by molar-refractivity contribution is 6.46. The molecule has 0 aromatic heterocycles. The SMILES string of the molecule is COCCN1C(=O)C(=O)/C(=C(\O)c2ccc3c(c2)CCO3)C1c1cccc(OCc2ccc(C)cc2)c1. The molecule has 37 heavy (non-hydrogen) atoms. The van der Waals surface area contributed by atoms with Crippen molar-refractivity contribution in [2.45, 2.75) is 26.0 Å². The van der Waals surface area contributed by atoms with Crippen molar-refractivity contribution in [3.63, 3.8) is 0 Å². The number of ether oxygens (including phenoxy) is 3. The summed E-state index contributed by atoms with van der Waals surface area (Å²) >= 11 is 0. The maximum Gasteiger partial charge on any atom is 0.295 e. The molecule has 0 saturated carbocycles. The molecule has 2 aliphatic rings. The molecule has 1 N–H and O–H groups in total. The molecule has 1 fully saturated rings. The van der Waals surface area contributed by atoms with Gasteiger partial charge in [-0.3, -0.25) is 9.59 Å². The molecule has 0 radical (unpaired) electrons. The number of hydrogen-bond donors (Lipinski definition) is 1.